The van der Waals surface area contributed by atoms with Gasteiger partial charge in [-0.1, -0.05) is 12.1 Å². The Morgan fingerprint density at radius 2 is 1.59 bits per heavy atom. The Bertz CT molecular complexity index is 1330. The number of carbonyl (C=O) groups is 2. The van der Waals surface area contributed by atoms with Gasteiger partial charge in [-0.15, -0.1) is 0 Å². The molecule has 1 unspecified atom stereocenters. The minimum Gasteiger partial charge on any atom is -0.381 e. The third-order valence-corrected chi connectivity index (χ3v) is 8.17. The SMILES string of the molecule is O=C(Nc1ccc(-c2ccnc(Nc3ccc(N4CCN(C(=O)C5CCNCC5)CC4)cc3)n2)cc1)C1CCOC1. The van der Waals surface area contributed by atoms with Crippen LogP contribution in [0.25, 0.3) is 11.3 Å². The Kier molecular flexibility index (Phi) is 8.39. The first-order valence-corrected chi connectivity index (χ1v) is 14.6. The van der Waals surface area contributed by atoms with Gasteiger partial charge in [-0.3, -0.25) is 9.59 Å². The Hall–Kier alpha value is -4.02. The van der Waals surface area contributed by atoms with Gasteiger partial charge in [0.2, 0.25) is 17.8 Å². The van der Waals surface area contributed by atoms with Crippen LogP contribution in [0.4, 0.5) is 23.0 Å². The van der Waals surface area contributed by atoms with Crippen molar-refractivity contribution in [3.63, 3.8) is 0 Å². The van der Waals surface area contributed by atoms with Crippen molar-refractivity contribution in [1.29, 1.82) is 0 Å². The number of anilines is 4. The highest BCUT2D eigenvalue weighted by molar-refractivity contribution is 5.93. The highest BCUT2D eigenvalue weighted by Crippen LogP contribution is 2.25. The third kappa shape index (κ3) is 6.66. The predicted molar refractivity (Wildman–Crippen MR) is 159 cm³/mol. The largest absolute Gasteiger partial charge is 0.381 e. The number of carbonyl (C=O) groups excluding carboxylic acids is 2. The Labute approximate surface area is 240 Å². The van der Waals surface area contributed by atoms with E-state index in [1.807, 2.05) is 47.4 Å². The van der Waals surface area contributed by atoms with Crippen LogP contribution in [0.2, 0.25) is 0 Å². The van der Waals surface area contributed by atoms with Crippen LogP contribution in [0.3, 0.4) is 0 Å². The van der Waals surface area contributed by atoms with E-state index in [1.54, 1.807) is 6.20 Å². The number of rotatable bonds is 7. The lowest BCUT2D eigenvalue weighted by molar-refractivity contribution is -0.136. The number of hydrogen-bond acceptors (Lipinski definition) is 8. The molecule has 2 amide bonds. The number of aromatic nitrogens is 2. The molecule has 2 aromatic carbocycles. The number of benzene rings is 2. The second-order valence-corrected chi connectivity index (χ2v) is 10.9. The van der Waals surface area contributed by atoms with Crippen LogP contribution in [0.5, 0.6) is 0 Å². The van der Waals surface area contributed by atoms with Gasteiger partial charge in [-0.25, -0.2) is 9.97 Å². The number of piperidine rings is 1. The summed E-state index contributed by atoms with van der Waals surface area (Å²) in [6.07, 6.45) is 4.40. The molecule has 3 aliphatic rings. The van der Waals surface area contributed by atoms with Crippen LogP contribution in [0.15, 0.2) is 60.8 Å². The highest BCUT2D eigenvalue weighted by Gasteiger charge is 2.28. The molecule has 41 heavy (non-hydrogen) atoms. The number of amides is 2. The average molecular weight is 556 g/mol. The van der Waals surface area contributed by atoms with Crippen LogP contribution in [0, 0.1) is 11.8 Å². The maximum Gasteiger partial charge on any atom is 0.229 e. The van der Waals surface area contributed by atoms with Gasteiger partial charge < -0.3 is 30.5 Å². The molecule has 10 heteroatoms. The molecule has 1 atom stereocenters. The summed E-state index contributed by atoms with van der Waals surface area (Å²) >= 11 is 0. The van der Waals surface area contributed by atoms with Gasteiger partial charge in [0.25, 0.3) is 0 Å². The van der Waals surface area contributed by atoms with Crippen LogP contribution in [-0.4, -0.2) is 79.2 Å². The van der Waals surface area contributed by atoms with Gasteiger partial charge in [-0.2, -0.15) is 0 Å². The second kappa shape index (κ2) is 12.7. The lowest BCUT2D eigenvalue weighted by Gasteiger charge is -2.38. The maximum absolute atomic E-state index is 12.9. The summed E-state index contributed by atoms with van der Waals surface area (Å²) in [7, 11) is 0. The third-order valence-electron chi connectivity index (χ3n) is 8.17. The summed E-state index contributed by atoms with van der Waals surface area (Å²) in [5.41, 5.74) is 4.53. The maximum atomic E-state index is 12.9. The molecule has 3 aromatic rings. The lowest BCUT2D eigenvalue weighted by Crippen LogP contribution is -2.51. The fourth-order valence-corrected chi connectivity index (χ4v) is 5.69. The molecule has 1 aromatic heterocycles. The van der Waals surface area contributed by atoms with Crippen LogP contribution in [0.1, 0.15) is 19.3 Å². The zero-order valence-electron chi connectivity index (χ0n) is 23.2. The molecular formula is C31H37N7O3. The summed E-state index contributed by atoms with van der Waals surface area (Å²) in [4.78, 5) is 38.7. The van der Waals surface area contributed by atoms with Crippen molar-refractivity contribution in [3.8, 4) is 11.3 Å². The molecule has 0 radical (unpaired) electrons. The molecule has 0 spiro atoms. The quantitative estimate of drug-likeness (QED) is 0.406. The summed E-state index contributed by atoms with van der Waals surface area (Å²) in [6, 6.07) is 17.8. The molecular weight excluding hydrogens is 518 g/mol. The number of nitrogens with zero attached hydrogens (tertiary/aromatic N) is 4. The monoisotopic (exact) mass is 555 g/mol. The van der Waals surface area contributed by atoms with Crippen molar-refractivity contribution < 1.29 is 14.3 Å². The molecule has 4 heterocycles. The number of nitrogens with one attached hydrogen (secondary N) is 3. The number of hydrogen-bond donors (Lipinski definition) is 3. The van der Waals surface area contributed by atoms with E-state index >= 15 is 0 Å². The van der Waals surface area contributed by atoms with E-state index in [0.717, 1.165) is 86.9 Å². The van der Waals surface area contributed by atoms with Gasteiger partial charge in [0.1, 0.15) is 0 Å². The van der Waals surface area contributed by atoms with Crippen molar-refractivity contribution in [2.75, 3.05) is 68.0 Å². The van der Waals surface area contributed by atoms with E-state index in [0.29, 0.717) is 25.1 Å². The summed E-state index contributed by atoms with van der Waals surface area (Å²) in [5, 5.41) is 9.61. The fourth-order valence-electron chi connectivity index (χ4n) is 5.69. The zero-order chi connectivity index (χ0) is 28.0. The molecule has 3 saturated heterocycles. The molecule has 3 aliphatic heterocycles. The molecule has 214 valence electrons. The Morgan fingerprint density at radius 3 is 2.29 bits per heavy atom. The molecule has 3 N–H and O–H groups in total. The van der Waals surface area contributed by atoms with Gasteiger partial charge >= 0.3 is 0 Å². The smallest absolute Gasteiger partial charge is 0.229 e. The minimum absolute atomic E-state index is 0.000213. The first-order chi connectivity index (χ1) is 20.1. The molecule has 6 rings (SSSR count). The van der Waals surface area contributed by atoms with E-state index in [4.69, 9.17) is 4.74 Å². The molecule has 3 fully saturated rings. The predicted octanol–water partition coefficient (Wildman–Crippen LogP) is 3.51. The molecule has 0 saturated carbocycles. The molecule has 0 bridgehead atoms. The summed E-state index contributed by atoms with van der Waals surface area (Å²) < 4.78 is 5.31. The van der Waals surface area contributed by atoms with E-state index < -0.39 is 0 Å². The van der Waals surface area contributed by atoms with Gasteiger partial charge in [0.15, 0.2) is 0 Å². The van der Waals surface area contributed by atoms with Crippen molar-refractivity contribution in [2.24, 2.45) is 11.8 Å². The first-order valence-electron chi connectivity index (χ1n) is 14.6. The average Bonchev–Trinajstić information content (AvgIpc) is 3.58. The van der Waals surface area contributed by atoms with Gasteiger partial charge in [0.05, 0.1) is 18.2 Å². The summed E-state index contributed by atoms with van der Waals surface area (Å²) in [5.74, 6) is 0.937. The Balaban J connectivity index is 1.02. The number of ether oxygens (including phenoxy) is 1. The normalized spacial score (nSPS) is 19.7. The second-order valence-electron chi connectivity index (χ2n) is 10.9. The van der Waals surface area contributed by atoms with Crippen LogP contribution >= 0.6 is 0 Å². The molecule has 10 nitrogen and oxygen atoms in total. The van der Waals surface area contributed by atoms with E-state index in [9.17, 15) is 9.59 Å². The van der Waals surface area contributed by atoms with E-state index in [1.165, 1.54) is 0 Å². The van der Waals surface area contributed by atoms with E-state index in [-0.39, 0.29) is 17.7 Å². The minimum atomic E-state index is -0.0794. The van der Waals surface area contributed by atoms with Crippen molar-refractivity contribution in [1.82, 2.24) is 20.2 Å². The first kappa shape index (κ1) is 27.2. The van der Waals surface area contributed by atoms with Crippen molar-refractivity contribution >= 4 is 34.8 Å². The topological polar surface area (TPSA) is 112 Å². The Morgan fingerprint density at radius 1 is 0.854 bits per heavy atom. The van der Waals surface area contributed by atoms with E-state index in [2.05, 4.69) is 43.0 Å². The lowest BCUT2D eigenvalue weighted by atomic mass is 9.96. The molecule has 0 aliphatic carbocycles. The zero-order valence-corrected chi connectivity index (χ0v) is 23.2. The van der Waals surface area contributed by atoms with Gasteiger partial charge in [-0.05, 0) is 74.8 Å². The van der Waals surface area contributed by atoms with Crippen LogP contribution in [-0.2, 0) is 14.3 Å². The van der Waals surface area contributed by atoms with Crippen molar-refractivity contribution in [2.45, 2.75) is 19.3 Å². The fraction of sp³-hybridized carbons (Fsp3) is 0.419. The number of piperazine rings is 1. The van der Waals surface area contributed by atoms with Crippen molar-refractivity contribution in [3.05, 3.63) is 60.8 Å². The highest BCUT2D eigenvalue weighted by atomic mass is 16.5. The summed E-state index contributed by atoms with van der Waals surface area (Å²) in [6.45, 7) is 6.23. The van der Waals surface area contributed by atoms with Gasteiger partial charge in [0, 0.05) is 67.5 Å². The standard InChI is InChI=1S/C31H37N7O3/c39-29(24-12-20-41-21-24)34-25-3-1-22(2-4-25)28-11-15-33-31(36-28)35-26-5-7-27(8-6-26)37-16-18-38(19-17-37)30(40)23-9-13-32-14-10-23/h1-8,11,15,23-24,32H,9-10,12-14,16-21H2,(H,34,39)(H,33,35,36). The van der Waals surface area contributed by atoms with Crippen LogP contribution < -0.4 is 20.9 Å².